The molecule has 2 aromatic carbocycles. The van der Waals surface area contributed by atoms with Crippen LogP contribution in [0.5, 0.6) is 11.5 Å². The number of anilines is 2. The van der Waals surface area contributed by atoms with E-state index in [-0.39, 0.29) is 5.91 Å². The molecule has 1 amide bonds. The Morgan fingerprint density at radius 1 is 1.17 bits per heavy atom. The minimum Gasteiger partial charge on any atom is -0.496 e. The average Bonchev–Trinajstić information content (AvgIpc) is 3.22. The number of para-hydroxylation sites is 3. The van der Waals surface area contributed by atoms with Crippen molar-refractivity contribution in [2.75, 3.05) is 24.4 Å². The number of carbonyl (C=O) groups is 1. The summed E-state index contributed by atoms with van der Waals surface area (Å²) in [5.74, 6) is 1.59. The number of rotatable bonds is 6. The van der Waals surface area contributed by atoms with Gasteiger partial charge in [0.05, 0.1) is 25.0 Å². The lowest BCUT2D eigenvalue weighted by Crippen LogP contribution is -2.31. The van der Waals surface area contributed by atoms with Gasteiger partial charge in [0.25, 0.3) is 5.91 Å². The van der Waals surface area contributed by atoms with E-state index in [0.29, 0.717) is 41.0 Å². The summed E-state index contributed by atoms with van der Waals surface area (Å²) >= 11 is 0. The molecule has 0 fully saturated rings. The van der Waals surface area contributed by atoms with Crippen LogP contribution >= 0.6 is 0 Å². The van der Waals surface area contributed by atoms with E-state index in [2.05, 4.69) is 20.7 Å². The van der Waals surface area contributed by atoms with Crippen molar-refractivity contribution in [3.63, 3.8) is 0 Å². The second-order valence-electron chi connectivity index (χ2n) is 6.72. The molecule has 8 heteroatoms. The van der Waals surface area contributed by atoms with Crippen LogP contribution in [0.3, 0.4) is 0 Å². The van der Waals surface area contributed by atoms with Gasteiger partial charge in [-0.1, -0.05) is 30.3 Å². The maximum Gasteiger partial charge on any atom is 0.255 e. The molecule has 0 bridgehead atoms. The molecule has 1 atom stereocenters. The highest BCUT2D eigenvalue weighted by Gasteiger charge is 2.35. The van der Waals surface area contributed by atoms with Crippen LogP contribution in [0, 0.1) is 0 Å². The Balaban J connectivity index is 1.78. The van der Waals surface area contributed by atoms with Gasteiger partial charge in [-0.25, -0.2) is 4.68 Å². The fourth-order valence-corrected chi connectivity index (χ4v) is 3.61. The van der Waals surface area contributed by atoms with Crippen LogP contribution in [0.1, 0.15) is 25.5 Å². The summed E-state index contributed by atoms with van der Waals surface area (Å²) in [6.45, 7) is 4.26. The average molecular weight is 405 g/mol. The molecule has 0 spiro atoms. The number of amides is 1. The van der Waals surface area contributed by atoms with E-state index < -0.39 is 6.04 Å². The highest BCUT2D eigenvalue weighted by atomic mass is 16.5. The number of hydrogen-bond acceptors (Lipinski definition) is 6. The van der Waals surface area contributed by atoms with Crippen molar-refractivity contribution in [2.24, 2.45) is 0 Å². The summed E-state index contributed by atoms with van der Waals surface area (Å²) in [4.78, 5) is 17.8. The van der Waals surface area contributed by atoms with E-state index in [9.17, 15) is 4.79 Å². The van der Waals surface area contributed by atoms with Crippen molar-refractivity contribution >= 4 is 17.5 Å². The largest absolute Gasteiger partial charge is 0.496 e. The van der Waals surface area contributed by atoms with Gasteiger partial charge in [0.1, 0.15) is 23.9 Å². The Bertz CT molecular complexity index is 1110. The highest BCUT2D eigenvalue weighted by Crippen LogP contribution is 2.39. The van der Waals surface area contributed by atoms with E-state index in [1.54, 1.807) is 11.8 Å². The summed E-state index contributed by atoms with van der Waals surface area (Å²) < 4.78 is 12.9. The number of nitrogens with zero attached hydrogens (tertiary/aromatic N) is 3. The van der Waals surface area contributed by atoms with Gasteiger partial charge in [-0.15, -0.1) is 0 Å². The molecule has 0 radical (unpaired) electrons. The summed E-state index contributed by atoms with van der Waals surface area (Å²) in [6, 6.07) is 14.4. The fraction of sp³-hybridized carbons (Fsp3) is 0.227. The van der Waals surface area contributed by atoms with Crippen molar-refractivity contribution in [3.8, 4) is 11.5 Å². The van der Waals surface area contributed by atoms with Crippen molar-refractivity contribution in [1.82, 2.24) is 14.8 Å². The van der Waals surface area contributed by atoms with Crippen LogP contribution in [-0.4, -0.2) is 34.4 Å². The minimum absolute atomic E-state index is 0.260. The Morgan fingerprint density at radius 3 is 2.67 bits per heavy atom. The maximum atomic E-state index is 13.5. The van der Waals surface area contributed by atoms with Crippen molar-refractivity contribution < 1.29 is 14.3 Å². The van der Waals surface area contributed by atoms with Gasteiger partial charge in [0.15, 0.2) is 0 Å². The number of aromatic nitrogens is 3. The topological polar surface area (TPSA) is 90.3 Å². The molecule has 3 aromatic rings. The number of carbonyl (C=O) groups excluding carboxylic acids is 1. The minimum atomic E-state index is -0.501. The van der Waals surface area contributed by atoms with E-state index in [1.807, 2.05) is 62.4 Å². The molecule has 30 heavy (non-hydrogen) atoms. The number of ether oxygens (including phenoxy) is 2. The molecule has 2 N–H and O–H groups in total. The predicted octanol–water partition coefficient (Wildman–Crippen LogP) is 3.61. The standard InChI is InChI=1S/C22H23N5O3/c1-4-30-18-12-8-6-10-16(18)26-21(28)19-14(2)25-22-23-13-24-27(22)20(19)15-9-5-7-11-17(15)29-3/h5-13,20H,4H2,1-3H3,(H,26,28)(H,23,24,25). The Kier molecular flexibility index (Phi) is 5.38. The van der Waals surface area contributed by atoms with Gasteiger partial charge in [0.2, 0.25) is 5.95 Å². The van der Waals surface area contributed by atoms with E-state index >= 15 is 0 Å². The van der Waals surface area contributed by atoms with Gasteiger partial charge in [-0.3, -0.25) is 4.79 Å². The Morgan fingerprint density at radius 2 is 1.90 bits per heavy atom. The molecule has 0 saturated heterocycles. The zero-order valence-corrected chi connectivity index (χ0v) is 17.0. The fourth-order valence-electron chi connectivity index (χ4n) is 3.61. The monoisotopic (exact) mass is 405 g/mol. The predicted molar refractivity (Wildman–Crippen MR) is 114 cm³/mol. The molecular formula is C22H23N5O3. The number of benzene rings is 2. The van der Waals surface area contributed by atoms with Gasteiger partial charge >= 0.3 is 0 Å². The molecule has 1 aliphatic heterocycles. The van der Waals surface area contributed by atoms with Gasteiger partial charge in [-0.05, 0) is 32.0 Å². The molecule has 1 aromatic heterocycles. The quantitative estimate of drug-likeness (QED) is 0.651. The molecule has 1 aliphatic rings. The molecule has 2 heterocycles. The Hall–Kier alpha value is -3.81. The van der Waals surface area contributed by atoms with E-state index in [4.69, 9.17) is 9.47 Å². The lowest BCUT2D eigenvalue weighted by atomic mass is 9.94. The second-order valence-corrected chi connectivity index (χ2v) is 6.72. The second kappa shape index (κ2) is 8.28. The van der Waals surface area contributed by atoms with Crippen LogP contribution < -0.4 is 20.1 Å². The van der Waals surface area contributed by atoms with Gasteiger partial charge < -0.3 is 20.1 Å². The first-order valence-corrected chi connectivity index (χ1v) is 9.67. The number of fused-ring (bicyclic) bond motifs is 1. The van der Waals surface area contributed by atoms with Crippen LogP contribution in [0.2, 0.25) is 0 Å². The van der Waals surface area contributed by atoms with Gasteiger partial charge in [0, 0.05) is 11.3 Å². The molecule has 1 unspecified atom stereocenters. The maximum absolute atomic E-state index is 13.5. The first-order valence-electron chi connectivity index (χ1n) is 9.67. The summed E-state index contributed by atoms with van der Waals surface area (Å²) in [7, 11) is 1.61. The van der Waals surface area contributed by atoms with Crippen LogP contribution in [0.25, 0.3) is 0 Å². The summed E-state index contributed by atoms with van der Waals surface area (Å²) in [6.07, 6.45) is 1.46. The third-order valence-corrected chi connectivity index (χ3v) is 4.91. The van der Waals surface area contributed by atoms with Crippen LogP contribution in [-0.2, 0) is 4.79 Å². The van der Waals surface area contributed by atoms with Crippen LogP contribution in [0.15, 0.2) is 66.1 Å². The highest BCUT2D eigenvalue weighted by molar-refractivity contribution is 6.06. The Labute approximate surface area is 174 Å². The van der Waals surface area contributed by atoms with Crippen molar-refractivity contribution in [1.29, 1.82) is 0 Å². The molecular weight excluding hydrogens is 382 g/mol. The summed E-state index contributed by atoms with van der Waals surface area (Å²) in [5.41, 5.74) is 2.63. The zero-order chi connectivity index (χ0) is 21.1. The molecule has 0 aliphatic carbocycles. The van der Waals surface area contributed by atoms with Crippen molar-refractivity contribution in [2.45, 2.75) is 19.9 Å². The third kappa shape index (κ3) is 3.47. The lowest BCUT2D eigenvalue weighted by Gasteiger charge is -2.29. The zero-order valence-electron chi connectivity index (χ0n) is 17.0. The van der Waals surface area contributed by atoms with Crippen molar-refractivity contribution in [3.05, 3.63) is 71.7 Å². The van der Waals surface area contributed by atoms with E-state index in [0.717, 1.165) is 5.56 Å². The molecule has 4 rings (SSSR count). The first kappa shape index (κ1) is 19.5. The van der Waals surface area contributed by atoms with Gasteiger partial charge in [-0.2, -0.15) is 10.1 Å². The van der Waals surface area contributed by atoms with E-state index in [1.165, 1.54) is 6.33 Å². The molecule has 0 saturated carbocycles. The number of methoxy groups -OCH3 is 1. The number of allylic oxidation sites excluding steroid dienone is 1. The lowest BCUT2D eigenvalue weighted by molar-refractivity contribution is -0.113. The molecule has 154 valence electrons. The third-order valence-electron chi connectivity index (χ3n) is 4.91. The normalized spacial score (nSPS) is 15.2. The number of hydrogen-bond donors (Lipinski definition) is 2. The smallest absolute Gasteiger partial charge is 0.255 e. The number of nitrogens with one attached hydrogen (secondary N) is 2. The first-order chi connectivity index (χ1) is 14.6. The summed E-state index contributed by atoms with van der Waals surface area (Å²) in [5, 5.41) is 10.5. The van der Waals surface area contributed by atoms with Crippen LogP contribution in [0.4, 0.5) is 11.6 Å². The molecule has 8 nitrogen and oxygen atoms in total. The SMILES string of the molecule is CCOc1ccccc1NC(=O)C1=C(C)Nc2ncnn2C1c1ccccc1OC.